The first-order valence-corrected chi connectivity index (χ1v) is 6.28. The summed E-state index contributed by atoms with van der Waals surface area (Å²) in [5, 5.41) is 12.2. The Kier molecular flexibility index (Phi) is 4.28. The van der Waals surface area contributed by atoms with Crippen molar-refractivity contribution in [3.63, 3.8) is 0 Å². The molecule has 2 nitrogen and oxygen atoms in total. The zero-order valence-corrected chi connectivity index (χ0v) is 11.7. The Morgan fingerprint density at radius 2 is 1.45 bits per heavy atom. The highest BCUT2D eigenvalue weighted by atomic mass is 35.5. The third kappa shape index (κ3) is 2.48. The third-order valence-corrected chi connectivity index (χ3v) is 3.42. The molecule has 1 unspecified atom stereocenters. The van der Waals surface area contributed by atoms with Crippen molar-refractivity contribution < 1.29 is 5.11 Å². The number of phenolic OH excluding ortho intramolecular Hbond substituents is 1. The van der Waals surface area contributed by atoms with Crippen LogP contribution in [0.2, 0.25) is 0 Å². The Labute approximate surface area is 124 Å². The van der Waals surface area contributed by atoms with E-state index in [9.17, 15) is 5.11 Å². The first-order chi connectivity index (χ1) is 9.27. The summed E-state index contributed by atoms with van der Waals surface area (Å²) in [6, 6.07) is 21.1. The Morgan fingerprint density at radius 1 is 0.800 bits per heavy atom. The number of halogens is 1. The van der Waals surface area contributed by atoms with Gasteiger partial charge in [-0.15, -0.1) is 12.4 Å². The molecule has 3 heteroatoms. The summed E-state index contributed by atoms with van der Waals surface area (Å²) in [7, 11) is 0. The van der Waals surface area contributed by atoms with E-state index >= 15 is 0 Å². The van der Waals surface area contributed by atoms with E-state index in [-0.39, 0.29) is 24.2 Å². The van der Waals surface area contributed by atoms with Crippen molar-refractivity contribution in [2.24, 2.45) is 5.73 Å². The number of fused-ring (bicyclic) bond motifs is 1. The van der Waals surface area contributed by atoms with Crippen LogP contribution < -0.4 is 5.73 Å². The first-order valence-electron chi connectivity index (χ1n) is 6.28. The zero-order valence-electron chi connectivity index (χ0n) is 10.9. The van der Waals surface area contributed by atoms with Crippen LogP contribution in [0.1, 0.15) is 17.2 Å². The summed E-state index contributed by atoms with van der Waals surface area (Å²) >= 11 is 0. The monoisotopic (exact) mass is 285 g/mol. The van der Waals surface area contributed by atoms with Gasteiger partial charge in [0, 0.05) is 5.56 Å². The molecule has 102 valence electrons. The van der Waals surface area contributed by atoms with E-state index < -0.39 is 0 Å². The fourth-order valence-electron chi connectivity index (χ4n) is 2.44. The van der Waals surface area contributed by atoms with E-state index in [0.717, 1.165) is 21.9 Å². The number of phenols is 1. The maximum Gasteiger partial charge on any atom is 0.121 e. The summed E-state index contributed by atoms with van der Waals surface area (Å²) in [6.07, 6.45) is 0. The lowest BCUT2D eigenvalue weighted by molar-refractivity contribution is 0.466. The lowest BCUT2D eigenvalue weighted by Crippen LogP contribution is -2.12. The van der Waals surface area contributed by atoms with Gasteiger partial charge in [-0.1, -0.05) is 60.7 Å². The van der Waals surface area contributed by atoms with Gasteiger partial charge in [-0.25, -0.2) is 0 Å². The molecule has 0 saturated carbocycles. The average molecular weight is 286 g/mol. The largest absolute Gasteiger partial charge is 0.508 e. The highest BCUT2D eigenvalue weighted by Crippen LogP contribution is 2.34. The number of rotatable bonds is 2. The maximum absolute atomic E-state index is 10.2. The van der Waals surface area contributed by atoms with Gasteiger partial charge < -0.3 is 10.8 Å². The molecule has 0 spiro atoms. The average Bonchev–Trinajstić information content (AvgIpc) is 2.47. The number of hydrogen-bond acceptors (Lipinski definition) is 2. The van der Waals surface area contributed by atoms with Gasteiger partial charge in [0.1, 0.15) is 5.75 Å². The highest BCUT2D eigenvalue weighted by Gasteiger charge is 2.16. The minimum Gasteiger partial charge on any atom is -0.508 e. The Morgan fingerprint density at radius 3 is 2.20 bits per heavy atom. The normalized spacial score (nSPS) is 11.8. The van der Waals surface area contributed by atoms with Crippen LogP contribution in [-0.2, 0) is 0 Å². The van der Waals surface area contributed by atoms with Crippen LogP contribution in [-0.4, -0.2) is 5.11 Å². The number of nitrogens with two attached hydrogens (primary N) is 1. The van der Waals surface area contributed by atoms with E-state index in [1.165, 1.54) is 0 Å². The molecular weight excluding hydrogens is 270 g/mol. The molecule has 0 saturated heterocycles. The molecule has 0 fully saturated rings. The molecule has 0 aliphatic rings. The lowest BCUT2D eigenvalue weighted by Gasteiger charge is -2.16. The quantitative estimate of drug-likeness (QED) is 0.747. The van der Waals surface area contributed by atoms with Crippen molar-refractivity contribution in [2.75, 3.05) is 0 Å². The fourth-order valence-corrected chi connectivity index (χ4v) is 2.44. The molecule has 0 aliphatic heterocycles. The second kappa shape index (κ2) is 5.95. The van der Waals surface area contributed by atoms with Crippen LogP contribution in [0.3, 0.4) is 0 Å². The topological polar surface area (TPSA) is 46.2 Å². The molecule has 0 aliphatic carbocycles. The van der Waals surface area contributed by atoms with Crippen molar-refractivity contribution >= 4 is 23.2 Å². The van der Waals surface area contributed by atoms with Crippen molar-refractivity contribution in [1.29, 1.82) is 0 Å². The highest BCUT2D eigenvalue weighted by molar-refractivity contribution is 5.88. The van der Waals surface area contributed by atoms with E-state index in [1.807, 2.05) is 60.7 Å². The SMILES string of the molecule is Cl.NC(c1ccccc1)c1c(O)ccc2ccccc12. The fraction of sp³-hybridized carbons (Fsp3) is 0.0588. The molecule has 3 aromatic carbocycles. The van der Waals surface area contributed by atoms with Crippen LogP contribution in [0.5, 0.6) is 5.75 Å². The second-order valence-electron chi connectivity index (χ2n) is 4.61. The van der Waals surface area contributed by atoms with Gasteiger partial charge in [0.25, 0.3) is 0 Å². The molecular formula is C17H16ClNO. The van der Waals surface area contributed by atoms with Gasteiger partial charge in [0.05, 0.1) is 6.04 Å². The van der Waals surface area contributed by atoms with Crippen molar-refractivity contribution in [3.05, 3.63) is 77.9 Å². The molecule has 0 bridgehead atoms. The van der Waals surface area contributed by atoms with Crippen LogP contribution in [0.4, 0.5) is 0 Å². The standard InChI is InChI=1S/C17H15NO.ClH/c18-17(13-7-2-1-3-8-13)16-14-9-5-4-6-12(14)10-11-15(16)19;/h1-11,17,19H,18H2;1H. The maximum atomic E-state index is 10.2. The van der Waals surface area contributed by atoms with Gasteiger partial charge in [-0.05, 0) is 22.4 Å². The van der Waals surface area contributed by atoms with Crippen LogP contribution in [0.15, 0.2) is 66.7 Å². The molecule has 20 heavy (non-hydrogen) atoms. The molecule has 3 aromatic rings. The van der Waals surface area contributed by atoms with E-state index in [2.05, 4.69) is 0 Å². The summed E-state index contributed by atoms with van der Waals surface area (Å²) < 4.78 is 0. The number of hydrogen-bond donors (Lipinski definition) is 2. The first kappa shape index (κ1) is 14.4. The third-order valence-electron chi connectivity index (χ3n) is 3.42. The second-order valence-corrected chi connectivity index (χ2v) is 4.61. The minimum absolute atomic E-state index is 0. The number of benzene rings is 3. The molecule has 1 atom stereocenters. The Bertz CT molecular complexity index is 713. The van der Waals surface area contributed by atoms with Gasteiger partial charge >= 0.3 is 0 Å². The summed E-state index contributed by atoms with van der Waals surface area (Å²) in [5.74, 6) is 0.245. The molecule has 0 heterocycles. The predicted molar refractivity (Wildman–Crippen MR) is 85.3 cm³/mol. The van der Waals surface area contributed by atoms with Crippen LogP contribution in [0, 0.1) is 0 Å². The van der Waals surface area contributed by atoms with Crippen LogP contribution >= 0.6 is 12.4 Å². The van der Waals surface area contributed by atoms with Crippen LogP contribution in [0.25, 0.3) is 10.8 Å². The Hall–Kier alpha value is -2.03. The van der Waals surface area contributed by atoms with E-state index in [1.54, 1.807) is 6.07 Å². The summed E-state index contributed by atoms with van der Waals surface area (Å²) in [5.41, 5.74) is 8.10. The molecule has 3 rings (SSSR count). The van der Waals surface area contributed by atoms with E-state index in [0.29, 0.717) is 0 Å². The van der Waals surface area contributed by atoms with Crippen molar-refractivity contribution in [3.8, 4) is 5.75 Å². The zero-order chi connectivity index (χ0) is 13.2. The predicted octanol–water partition coefficient (Wildman–Crippen LogP) is 4.02. The smallest absolute Gasteiger partial charge is 0.121 e. The molecule has 0 radical (unpaired) electrons. The van der Waals surface area contributed by atoms with Gasteiger partial charge in [0.2, 0.25) is 0 Å². The van der Waals surface area contributed by atoms with Gasteiger partial charge in [-0.2, -0.15) is 0 Å². The molecule has 0 amide bonds. The van der Waals surface area contributed by atoms with Gasteiger partial charge in [-0.3, -0.25) is 0 Å². The number of aromatic hydroxyl groups is 1. The van der Waals surface area contributed by atoms with E-state index in [4.69, 9.17) is 5.73 Å². The van der Waals surface area contributed by atoms with Crippen molar-refractivity contribution in [1.82, 2.24) is 0 Å². The van der Waals surface area contributed by atoms with Crippen molar-refractivity contribution in [2.45, 2.75) is 6.04 Å². The lowest BCUT2D eigenvalue weighted by atomic mass is 9.93. The minimum atomic E-state index is -0.327. The summed E-state index contributed by atoms with van der Waals surface area (Å²) in [4.78, 5) is 0. The Balaban J connectivity index is 0.00000147. The van der Waals surface area contributed by atoms with Gasteiger partial charge in [0.15, 0.2) is 0 Å². The molecule has 0 aromatic heterocycles. The summed E-state index contributed by atoms with van der Waals surface area (Å²) in [6.45, 7) is 0. The molecule has 3 N–H and O–H groups in total.